The third kappa shape index (κ3) is 2.42. The Bertz CT molecular complexity index is 781. The van der Waals surface area contributed by atoms with Crippen LogP contribution in [0.25, 0.3) is 0 Å². The van der Waals surface area contributed by atoms with Crippen molar-refractivity contribution in [2.45, 2.75) is 0 Å². The smallest absolute Gasteiger partial charge is 0.362 e. The maximum atomic E-state index is 12.3. The van der Waals surface area contributed by atoms with Crippen molar-refractivity contribution in [2.75, 3.05) is 19.0 Å². The molecule has 0 saturated heterocycles. The molecule has 0 fully saturated rings. The number of imide groups is 1. The summed E-state index contributed by atoms with van der Waals surface area (Å²) in [4.78, 5) is 47.5. The summed E-state index contributed by atoms with van der Waals surface area (Å²) in [5.41, 5.74) is 0.586. The molecule has 7 heteroatoms. The molecule has 0 unspecified atom stereocenters. The van der Waals surface area contributed by atoms with Gasteiger partial charge in [-0.15, -0.1) is 0 Å². The van der Waals surface area contributed by atoms with Gasteiger partial charge in [-0.3, -0.25) is 9.59 Å². The second kappa shape index (κ2) is 5.53. The van der Waals surface area contributed by atoms with Crippen LogP contribution in [0, 0.1) is 0 Å². The largest absolute Gasteiger partial charge is 0.367 e. The molecule has 1 aromatic heterocycles. The predicted molar refractivity (Wildman–Crippen MR) is 80.9 cm³/mol. The van der Waals surface area contributed by atoms with E-state index in [1.54, 1.807) is 37.2 Å². The minimum absolute atomic E-state index is 0.161. The fourth-order valence-corrected chi connectivity index (χ4v) is 2.29. The first-order valence-corrected chi connectivity index (χ1v) is 6.83. The predicted octanol–water partition coefficient (Wildman–Crippen LogP) is 1.52. The number of hydrogen-bond acceptors (Lipinski definition) is 6. The number of hydroxylamine groups is 2. The van der Waals surface area contributed by atoms with Crippen molar-refractivity contribution in [3.8, 4) is 0 Å². The van der Waals surface area contributed by atoms with Gasteiger partial charge < -0.3 is 9.74 Å². The molecule has 7 nitrogen and oxygen atoms in total. The van der Waals surface area contributed by atoms with E-state index < -0.39 is 17.8 Å². The molecule has 1 aromatic carbocycles. The topological polar surface area (TPSA) is 79.8 Å². The average Bonchev–Trinajstić information content (AvgIpc) is 2.80. The van der Waals surface area contributed by atoms with E-state index in [-0.39, 0.29) is 16.7 Å². The third-order valence-corrected chi connectivity index (χ3v) is 3.36. The van der Waals surface area contributed by atoms with Crippen LogP contribution in [0.3, 0.4) is 0 Å². The molecular weight excluding hydrogens is 298 g/mol. The molecule has 3 rings (SSSR count). The fourth-order valence-electron chi connectivity index (χ4n) is 2.29. The quantitative estimate of drug-likeness (QED) is 0.800. The summed E-state index contributed by atoms with van der Waals surface area (Å²) in [5.74, 6) is -1.76. The lowest BCUT2D eigenvalue weighted by Gasteiger charge is -2.17. The van der Waals surface area contributed by atoms with Crippen LogP contribution in [0.4, 0.5) is 5.82 Å². The zero-order valence-electron chi connectivity index (χ0n) is 12.5. The summed E-state index contributed by atoms with van der Waals surface area (Å²) >= 11 is 0. The summed E-state index contributed by atoms with van der Waals surface area (Å²) in [6.07, 6.45) is 1.54. The van der Waals surface area contributed by atoms with Gasteiger partial charge in [0.2, 0.25) is 0 Å². The highest BCUT2D eigenvalue weighted by Crippen LogP contribution is 2.24. The highest BCUT2D eigenvalue weighted by atomic mass is 16.7. The fraction of sp³-hybridized carbons (Fsp3) is 0.125. The zero-order chi connectivity index (χ0) is 16.6. The van der Waals surface area contributed by atoms with Crippen molar-refractivity contribution in [2.24, 2.45) is 0 Å². The van der Waals surface area contributed by atoms with Crippen LogP contribution in [-0.4, -0.2) is 41.9 Å². The first-order chi connectivity index (χ1) is 11.0. The van der Waals surface area contributed by atoms with E-state index in [1.807, 2.05) is 0 Å². The highest BCUT2D eigenvalue weighted by Gasteiger charge is 2.39. The number of carbonyl (C=O) groups excluding carboxylic acids is 3. The number of pyridine rings is 1. The van der Waals surface area contributed by atoms with Crippen LogP contribution in [0.15, 0.2) is 42.6 Å². The van der Waals surface area contributed by atoms with E-state index in [9.17, 15) is 14.4 Å². The maximum absolute atomic E-state index is 12.3. The number of nitrogens with zero attached hydrogens (tertiary/aromatic N) is 3. The van der Waals surface area contributed by atoms with E-state index >= 15 is 0 Å². The average molecular weight is 311 g/mol. The molecule has 2 amide bonds. The van der Waals surface area contributed by atoms with E-state index in [0.29, 0.717) is 10.9 Å². The zero-order valence-corrected chi connectivity index (χ0v) is 12.5. The van der Waals surface area contributed by atoms with Crippen LogP contribution >= 0.6 is 0 Å². The monoisotopic (exact) mass is 311 g/mol. The van der Waals surface area contributed by atoms with Crippen LogP contribution in [-0.2, 0) is 4.84 Å². The van der Waals surface area contributed by atoms with Crippen molar-refractivity contribution in [1.29, 1.82) is 0 Å². The Morgan fingerprint density at radius 2 is 1.65 bits per heavy atom. The second-order valence-electron chi connectivity index (χ2n) is 5.10. The number of hydrogen-bond donors (Lipinski definition) is 0. The van der Waals surface area contributed by atoms with Crippen molar-refractivity contribution >= 4 is 23.6 Å². The number of fused-ring (bicyclic) bond motifs is 1. The molecule has 0 spiro atoms. The van der Waals surface area contributed by atoms with Gasteiger partial charge in [0, 0.05) is 20.3 Å². The molecule has 2 heterocycles. The Balaban J connectivity index is 1.88. The Labute approximate surface area is 132 Å². The molecular formula is C16H13N3O4. The van der Waals surface area contributed by atoms with Crippen molar-refractivity contribution in [3.05, 3.63) is 59.3 Å². The molecule has 1 aliphatic rings. The number of rotatable bonds is 3. The van der Waals surface area contributed by atoms with Crippen LogP contribution in [0.5, 0.6) is 0 Å². The van der Waals surface area contributed by atoms with Gasteiger partial charge in [-0.25, -0.2) is 9.78 Å². The lowest BCUT2D eigenvalue weighted by Crippen LogP contribution is -2.33. The van der Waals surface area contributed by atoms with E-state index in [0.717, 1.165) is 0 Å². The molecule has 0 atom stereocenters. The van der Waals surface area contributed by atoms with Gasteiger partial charge in [-0.1, -0.05) is 17.2 Å². The van der Waals surface area contributed by atoms with Crippen LogP contribution in [0.2, 0.25) is 0 Å². The van der Waals surface area contributed by atoms with Gasteiger partial charge in [0.05, 0.1) is 11.1 Å². The second-order valence-corrected chi connectivity index (χ2v) is 5.10. The Morgan fingerprint density at radius 3 is 2.22 bits per heavy atom. The van der Waals surface area contributed by atoms with E-state index in [2.05, 4.69) is 4.98 Å². The maximum Gasteiger partial charge on any atom is 0.367 e. The lowest BCUT2D eigenvalue weighted by atomic mass is 10.1. The van der Waals surface area contributed by atoms with Gasteiger partial charge in [-0.05, 0) is 24.3 Å². The van der Waals surface area contributed by atoms with Gasteiger partial charge >= 0.3 is 5.97 Å². The molecule has 0 bridgehead atoms. The number of anilines is 1. The summed E-state index contributed by atoms with van der Waals surface area (Å²) < 4.78 is 0. The van der Waals surface area contributed by atoms with Gasteiger partial charge in [0.15, 0.2) is 0 Å². The third-order valence-electron chi connectivity index (χ3n) is 3.36. The molecule has 2 aromatic rings. The van der Waals surface area contributed by atoms with Crippen LogP contribution < -0.4 is 4.90 Å². The molecule has 0 radical (unpaired) electrons. The van der Waals surface area contributed by atoms with Gasteiger partial charge in [-0.2, -0.15) is 0 Å². The number of amides is 2. The van der Waals surface area contributed by atoms with E-state index in [1.165, 1.54) is 24.4 Å². The van der Waals surface area contributed by atoms with Crippen molar-refractivity contribution in [3.63, 3.8) is 0 Å². The number of carbonyl (C=O) groups is 3. The summed E-state index contributed by atoms with van der Waals surface area (Å²) in [7, 11) is 3.45. The highest BCUT2D eigenvalue weighted by molar-refractivity contribution is 6.21. The molecule has 1 aliphatic heterocycles. The first-order valence-electron chi connectivity index (χ1n) is 6.83. The van der Waals surface area contributed by atoms with Crippen molar-refractivity contribution < 1.29 is 19.2 Å². The van der Waals surface area contributed by atoms with Crippen molar-refractivity contribution in [1.82, 2.24) is 10.0 Å². The molecule has 0 aliphatic carbocycles. The van der Waals surface area contributed by atoms with Gasteiger partial charge in [0.1, 0.15) is 11.4 Å². The summed E-state index contributed by atoms with van der Waals surface area (Å²) in [6.45, 7) is 0. The molecule has 0 N–H and O–H groups in total. The number of aromatic nitrogens is 1. The Hall–Kier alpha value is -3.22. The van der Waals surface area contributed by atoms with E-state index in [4.69, 9.17) is 4.84 Å². The Morgan fingerprint density at radius 1 is 1.04 bits per heavy atom. The summed E-state index contributed by atoms with van der Waals surface area (Å²) in [6, 6.07) is 9.40. The first kappa shape index (κ1) is 14.7. The standard InChI is InChI=1S/C16H13N3O4/c1-18(2)13-12(8-5-9-17-13)16(22)23-19-14(20)10-6-3-4-7-11(10)15(19)21/h3-9H,1-2H3. The molecule has 116 valence electrons. The molecule has 23 heavy (non-hydrogen) atoms. The van der Waals surface area contributed by atoms with Gasteiger partial charge in [0.25, 0.3) is 11.8 Å². The summed E-state index contributed by atoms with van der Waals surface area (Å²) in [5, 5.41) is 0.486. The Kier molecular flexibility index (Phi) is 3.53. The minimum atomic E-state index is -0.823. The lowest BCUT2D eigenvalue weighted by molar-refractivity contribution is -0.0584. The molecule has 0 saturated carbocycles. The SMILES string of the molecule is CN(C)c1ncccc1C(=O)ON1C(=O)c2ccccc2C1=O. The normalized spacial score (nSPS) is 13.0. The van der Waals surface area contributed by atoms with Crippen LogP contribution in [0.1, 0.15) is 31.1 Å². The minimum Gasteiger partial charge on any atom is -0.362 e. The number of benzene rings is 1.